The van der Waals surface area contributed by atoms with E-state index >= 15 is 0 Å². The predicted molar refractivity (Wildman–Crippen MR) is 209 cm³/mol. The first-order chi connectivity index (χ1) is 24.7. The zero-order valence-corrected chi connectivity index (χ0v) is 29.6. The van der Waals surface area contributed by atoms with Crippen LogP contribution in [0.3, 0.4) is 0 Å². The first kappa shape index (κ1) is 34.3. The van der Waals surface area contributed by atoms with Crippen LogP contribution in [0.15, 0.2) is 189 Å². The zero-order valence-electron chi connectivity index (χ0n) is 28.6. The minimum absolute atomic E-state index is 0.309. The van der Waals surface area contributed by atoms with E-state index in [0.717, 1.165) is 22.6 Å². The molecule has 6 aromatic carbocycles. The van der Waals surface area contributed by atoms with Gasteiger partial charge < -0.3 is 14.0 Å². The van der Waals surface area contributed by atoms with Gasteiger partial charge in [-0.1, -0.05) is 167 Å². The molecule has 6 heteroatoms. The Morgan fingerprint density at radius 1 is 0.560 bits per heavy atom. The van der Waals surface area contributed by atoms with Gasteiger partial charge in [0.1, 0.15) is 21.0 Å². The summed E-state index contributed by atoms with van der Waals surface area (Å²) < 4.78 is 13.9. The number of nitrogens with zero attached hydrogens (tertiary/aromatic N) is 2. The summed E-state index contributed by atoms with van der Waals surface area (Å²) in [5, 5.41) is 0.776. The summed E-state index contributed by atoms with van der Waals surface area (Å²) in [4.78, 5) is 4.40. The molecular weight excluding hydrogens is 627 g/mol. The monoisotopic (exact) mass is 668 g/mol. The highest BCUT2D eigenvalue weighted by atomic mass is 28.2. The van der Waals surface area contributed by atoms with Gasteiger partial charge in [-0.05, 0) is 49.2 Å². The summed E-state index contributed by atoms with van der Waals surface area (Å²) in [5.41, 5.74) is 6.29. The molecule has 50 heavy (non-hydrogen) atoms. The van der Waals surface area contributed by atoms with Gasteiger partial charge in [0.05, 0.1) is 24.7 Å². The van der Waals surface area contributed by atoms with E-state index in [4.69, 9.17) is 9.47 Å². The maximum Gasteiger partial charge on any atom is 0.241 e. The lowest BCUT2D eigenvalue weighted by atomic mass is 9.37. The van der Waals surface area contributed by atoms with Crippen molar-refractivity contribution in [3.05, 3.63) is 200 Å². The van der Waals surface area contributed by atoms with E-state index in [9.17, 15) is 0 Å². The second-order valence-corrected chi connectivity index (χ2v) is 13.3. The fourth-order valence-electron chi connectivity index (χ4n) is 6.33. The molecule has 7 rings (SSSR count). The minimum Gasteiger partial charge on any atom is -0.494 e. The topological polar surface area (TPSA) is 36.3 Å². The molecule has 0 aliphatic heterocycles. The Bertz CT molecular complexity index is 1860. The van der Waals surface area contributed by atoms with Gasteiger partial charge >= 0.3 is 0 Å². The van der Waals surface area contributed by atoms with Crippen LogP contribution in [0.4, 0.5) is 0 Å². The molecule has 0 saturated carbocycles. The quantitative estimate of drug-likeness (QED) is 0.137. The molecule has 0 unspecified atom stereocenters. The van der Waals surface area contributed by atoms with Crippen LogP contribution in [-0.2, 0) is 5.16 Å². The van der Waals surface area contributed by atoms with Crippen LogP contribution in [0.1, 0.15) is 25.0 Å². The summed E-state index contributed by atoms with van der Waals surface area (Å²) in [6, 6.07) is 59.4. The van der Waals surface area contributed by atoms with E-state index in [1.807, 2.05) is 44.7 Å². The Labute approximate surface area is 299 Å². The van der Waals surface area contributed by atoms with Gasteiger partial charge in [0, 0.05) is 12.4 Å². The van der Waals surface area contributed by atoms with Gasteiger partial charge in [0.2, 0.25) is 6.71 Å². The number of ether oxygens (including phenoxy) is 2. The largest absolute Gasteiger partial charge is 0.494 e. The third kappa shape index (κ3) is 8.16. The molecule has 0 spiro atoms. The van der Waals surface area contributed by atoms with Crippen molar-refractivity contribution < 1.29 is 9.47 Å². The molecule has 0 aliphatic rings. The fraction of sp³-hybridized carbons (Fsp3) is 0.114. The van der Waals surface area contributed by atoms with Crippen molar-refractivity contribution in [3.63, 3.8) is 0 Å². The predicted octanol–water partition coefficient (Wildman–Crippen LogP) is 6.66. The zero-order chi connectivity index (χ0) is 34.4. The molecule has 0 bridgehead atoms. The highest BCUT2D eigenvalue weighted by molar-refractivity contribution is 6.95. The molecule has 2 radical (unpaired) electrons. The van der Waals surface area contributed by atoms with Crippen LogP contribution in [0, 0.1) is 0 Å². The van der Waals surface area contributed by atoms with Gasteiger partial charge in [-0.2, -0.15) is 0 Å². The Morgan fingerprint density at radius 2 is 1.00 bits per heavy atom. The molecule has 0 fully saturated rings. The van der Waals surface area contributed by atoms with E-state index in [0.29, 0.717) is 29.4 Å². The smallest absolute Gasteiger partial charge is 0.241 e. The van der Waals surface area contributed by atoms with Gasteiger partial charge in [-0.25, -0.2) is 4.98 Å². The van der Waals surface area contributed by atoms with E-state index in [1.165, 1.54) is 21.6 Å². The summed E-state index contributed by atoms with van der Waals surface area (Å²) in [6.45, 7) is 5.58. The summed E-state index contributed by atoms with van der Waals surface area (Å²) >= 11 is 0. The number of rotatable bonds is 12. The number of imidazole rings is 1. The standard InChI is InChI=1S/C26H26N2O2Si.C18H15B/c1-3-29-23-12-8-10-21(18-23)26(28-17-16-27-20-28,31-25-14-6-5-7-15-25)22-11-9-13-24(19-22)30-4-2;1-4-10-16(11-5-1)19(17-12-6-2-7-13-17)18-14-8-3-9-15-18/h5-20H,3-4H2,1-2H3;1-15H. The van der Waals surface area contributed by atoms with Gasteiger partial charge in [0.25, 0.3) is 0 Å². The lowest BCUT2D eigenvalue weighted by Gasteiger charge is -2.37. The van der Waals surface area contributed by atoms with Crippen molar-refractivity contribution in [2.45, 2.75) is 19.0 Å². The molecule has 4 nitrogen and oxygen atoms in total. The molecule has 1 aromatic heterocycles. The Hall–Kier alpha value is -5.59. The van der Waals surface area contributed by atoms with E-state index in [1.54, 1.807) is 0 Å². The molecule has 7 aromatic rings. The van der Waals surface area contributed by atoms with Crippen molar-refractivity contribution in [3.8, 4) is 11.5 Å². The van der Waals surface area contributed by atoms with Crippen molar-refractivity contribution in [1.29, 1.82) is 0 Å². The number of hydrogen-bond acceptors (Lipinski definition) is 3. The van der Waals surface area contributed by atoms with Crippen LogP contribution in [0.25, 0.3) is 0 Å². The lowest BCUT2D eigenvalue weighted by Crippen LogP contribution is -2.51. The SMILES string of the molecule is CCOc1cccc(C([Si]c2ccccc2)(c2cccc(OCC)c2)n2ccnc2)c1.c1ccc(B(c2ccccc2)c2ccccc2)cc1. The molecule has 0 atom stereocenters. The van der Waals surface area contributed by atoms with Crippen molar-refractivity contribution in [2.24, 2.45) is 0 Å². The van der Waals surface area contributed by atoms with Crippen LogP contribution in [0.2, 0.25) is 0 Å². The van der Waals surface area contributed by atoms with Crippen LogP contribution in [-0.4, -0.2) is 39.0 Å². The van der Waals surface area contributed by atoms with E-state index < -0.39 is 5.16 Å². The second-order valence-electron chi connectivity index (χ2n) is 11.8. The highest BCUT2D eigenvalue weighted by Gasteiger charge is 2.38. The maximum atomic E-state index is 5.86. The average Bonchev–Trinajstić information content (AvgIpc) is 3.72. The van der Waals surface area contributed by atoms with Crippen molar-refractivity contribution >= 4 is 37.8 Å². The summed E-state index contributed by atoms with van der Waals surface area (Å²) in [7, 11) is 0.424. The lowest BCUT2D eigenvalue weighted by molar-refractivity contribution is 0.338. The normalized spacial score (nSPS) is 10.8. The Kier molecular flexibility index (Phi) is 11.8. The maximum absolute atomic E-state index is 5.86. The molecule has 0 amide bonds. The van der Waals surface area contributed by atoms with Crippen LogP contribution >= 0.6 is 0 Å². The Morgan fingerprint density at radius 3 is 1.40 bits per heavy atom. The first-order valence-corrected chi connectivity index (χ1v) is 18.1. The minimum atomic E-state index is -0.488. The highest BCUT2D eigenvalue weighted by Crippen LogP contribution is 2.36. The van der Waals surface area contributed by atoms with Gasteiger partial charge in [-0.3, -0.25) is 0 Å². The van der Waals surface area contributed by atoms with Gasteiger partial charge in [-0.15, -0.1) is 0 Å². The van der Waals surface area contributed by atoms with Gasteiger partial charge in [0.15, 0.2) is 0 Å². The summed E-state index contributed by atoms with van der Waals surface area (Å²) in [5.74, 6) is 1.73. The third-order valence-electron chi connectivity index (χ3n) is 8.52. The molecule has 0 N–H and O–H groups in total. The van der Waals surface area contributed by atoms with Crippen LogP contribution in [0.5, 0.6) is 11.5 Å². The van der Waals surface area contributed by atoms with Crippen molar-refractivity contribution in [2.75, 3.05) is 13.2 Å². The molecule has 1 heterocycles. The number of aromatic nitrogens is 2. The molecule has 246 valence electrons. The average molecular weight is 669 g/mol. The second kappa shape index (κ2) is 17.2. The van der Waals surface area contributed by atoms with Crippen molar-refractivity contribution in [1.82, 2.24) is 9.55 Å². The molecule has 0 aliphatic carbocycles. The molecular formula is C44H41BN2O2Si. The third-order valence-corrected chi connectivity index (χ3v) is 10.3. The Balaban J connectivity index is 0.000000194. The number of hydrogen-bond donors (Lipinski definition) is 0. The summed E-state index contributed by atoms with van der Waals surface area (Å²) in [6.07, 6.45) is 5.77. The van der Waals surface area contributed by atoms with E-state index in [2.05, 4.69) is 167 Å². The fourth-order valence-corrected chi connectivity index (χ4v) is 7.97. The molecule has 0 saturated heterocycles. The number of benzene rings is 6. The van der Waals surface area contributed by atoms with Crippen LogP contribution < -0.4 is 31.0 Å². The first-order valence-electron chi connectivity index (χ1n) is 17.1. The van der Waals surface area contributed by atoms with E-state index in [-0.39, 0.29) is 0 Å².